The van der Waals surface area contributed by atoms with E-state index in [0.717, 1.165) is 42.0 Å². The van der Waals surface area contributed by atoms with Crippen molar-refractivity contribution in [3.8, 4) is 0 Å². The van der Waals surface area contributed by atoms with Gasteiger partial charge in [0, 0.05) is 42.7 Å². The lowest BCUT2D eigenvalue weighted by molar-refractivity contribution is -0.122. The summed E-state index contributed by atoms with van der Waals surface area (Å²) in [6, 6.07) is 6.45. The third kappa shape index (κ3) is 4.30. The highest BCUT2D eigenvalue weighted by molar-refractivity contribution is 7.98. The summed E-state index contributed by atoms with van der Waals surface area (Å²) in [5, 5.41) is 3.02. The first-order chi connectivity index (χ1) is 11.6. The molecule has 0 unspecified atom stereocenters. The molecule has 1 aromatic rings. The number of hydrogen-bond donors (Lipinski definition) is 1. The largest absolute Gasteiger partial charge is 0.352 e. The minimum atomic E-state index is 0.102. The second-order valence-electron chi connectivity index (χ2n) is 6.59. The van der Waals surface area contributed by atoms with E-state index in [0.29, 0.717) is 25.7 Å². The minimum absolute atomic E-state index is 0.102. The molecule has 0 atom stereocenters. The van der Waals surface area contributed by atoms with E-state index in [9.17, 15) is 9.59 Å². The van der Waals surface area contributed by atoms with Crippen LogP contribution in [0, 0.1) is 6.92 Å². The van der Waals surface area contributed by atoms with Gasteiger partial charge in [-0.05, 0) is 43.7 Å². The molecule has 1 saturated heterocycles. The van der Waals surface area contributed by atoms with Crippen LogP contribution < -0.4 is 5.32 Å². The van der Waals surface area contributed by atoms with Crippen LogP contribution in [0.15, 0.2) is 23.1 Å². The molecule has 0 aromatic heterocycles. The second-order valence-corrected chi connectivity index (χ2v) is 7.47. The Labute approximate surface area is 147 Å². The molecule has 1 heterocycles. The molecule has 0 radical (unpaired) electrons. The summed E-state index contributed by atoms with van der Waals surface area (Å²) in [6.07, 6.45) is 4.25. The Balaban J connectivity index is 1.54. The molecule has 1 saturated carbocycles. The minimum Gasteiger partial charge on any atom is -0.352 e. The third-order valence-electron chi connectivity index (χ3n) is 4.64. The molecule has 2 amide bonds. The van der Waals surface area contributed by atoms with Crippen molar-refractivity contribution in [1.29, 1.82) is 0 Å². The van der Waals surface area contributed by atoms with Crippen LogP contribution in [0.2, 0.25) is 0 Å². The van der Waals surface area contributed by atoms with E-state index in [1.54, 1.807) is 11.8 Å². The van der Waals surface area contributed by atoms with E-state index >= 15 is 0 Å². The molecule has 6 heteroatoms. The number of thioether (sulfide) groups is 1. The highest BCUT2D eigenvalue weighted by atomic mass is 32.2. The van der Waals surface area contributed by atoms with Crippen LogP contribution in [0.5, 0.6) is 0 Å². The van der Waals surface area contributed by atoms with E-state index in [-0.39, 0.29) is 11.8 Å². The quantitative estimate of drug-likeness (QED) is 0.825. The summed E-state index contributed by atoms with van der Waals surface area (Å²) in [4.78, 5) is 29.8. The van der Waals surface area contributed by atoms with Crippen LogP contribution in [-0.2, 0) is 4.79 Å². The predicted molar refractivity (Wildman–Crippen MR) is 96.5 cm³/mol. The van der Waals surface area contributed by atoms with Crippen LogP contribution in [0.4, 0.5) is 0 Å². The predicted octanol–water partition coefficient (Wildman–Crippen LogP) is 1.75. The van der Waals surface area contributed by atoms with Gasteiger partial charge in [-0.2, -0.15) is 0 Å². The zero-order valence-corrected chi connectivity index (χ0v) is 15.2. The van der Waals surface area contributed by atoms with Crippen molar-refractivity contribution in [3.05, 3.63) is 29.3 Å². The average Bonchev–Trinajstić information content (AvgIpc) is 3.39. The maximum Gasteiger partial charge on any atom is 0.254 e. The van der Waals surface area contributed by atoms with Gasteiger partial charge in [-0.1, -0.05) is 6.07 Å². The van der Waals surface area contributed by atoms with Crippen molar-refractivity contribution in [2.45, 2.75) is 30.7 Å². The van der Waals surface area contributed by atoms with Crippen LogP contribution in [0.3, 0.4) is 0 Å². The number of nitrogens with one attached hydrogen (secondary N) is 1. The molecule has 0 spiro atoms. The number of carbonyl (C=O) groups excluding carboxylic acids is 2. The Morgan fingerprint density at radius 3 is 2.54 bits per heavy atom. The van der Waals surface area contributed by atoms with Crippen molar-refractivity contribution in [2.75, 3.05) is 39.0 Å². The zero-order chi connectivity index (χ0) is 17.1. The Morgan fingerprint density at radius 2 is 1.92 bits per heavy atom. The Morgan fingerprint density at radius 1 is 1.21 bits per heavy atom. The van der Waals surface area contributed by atoms with Gasteiger partial charge in [0.25, 0.3) is 5.91 Å². The fraction of sp³-hybridized carbons (Fsp3) is 0.556. The van der Waals surface area contributed by atoms with Crippen molar-refractivity contribution in [1.82, 2.24) is 15.1 Å². The first-order valence-corrected chi connectivity index (χ1v) is 9.75. The lowest BCUT2D eigenvalue weighted by Crippen LogP contribution is -2.51. The number of piperazine rings is 1. The standard InChI is InChI=1S/C18H25N3O2S/c1-13-3-6-15(24-2)11-16(13)18(23)21-9-7-20(8-10-21)12-17(22)19-14-4-5-14/h3,6,11,14H,4-5,7-10,12H2,1-2H3,(H,19,22). The number of nitrogens with zero attached hydrogens (tertiary/aromatic N) is 2. The summed E-state index contributed by atoms with van der Waals surface area (Å²) < 4.78 is 0. The van der Waals surface area contributed by atoms with Gasteiger partial charge < -0.3 is 10.2 Å². The topological polar surface area (TPSA) is 52.7 Å². The molecule has 1 aliphatic heterocycles. The van der Waals surface area contributed by atoms with Gasteiger partial charge >= 0.3 is 0 Å². The average molecular weight is 347 g/mol. The van der Waals surface area contributed by atoms with Crippen LogP contribution in [-0.4, -0.2) is 66.6 Å². The van der Waals surface area contributed by atoms with Gasteiger partial charge in [-0.15, -0.1) is 11.8 Å². The Kier molecular flexibility index (Phi) is 5.46. The summed E-state index contributed by atoms with van der Waals surface area (Å²) in [5.41, 5.74) is 1.81. The van der Waals surface area contributed by atoms with Crippen molar-refractivity contribution in [2.24, 2.45) is 0 Å². The smallest absolute Gasteiger partial charge is 0.254 e. The van der Waals surface area contributed by atoms with E-state index < -0.39 is 0 Å². The molecule has 0 bridgehead atoms. The van der Waals surface area contributed by atoms with E-state index in [1.165, 1.54) is 0 Å². The molecule has 1 aliphatic carbocycles. The number of carbonyl (C=O) groups is 2. The molecule has 2 fully saturated rings. The first-order valence-electron chi connectivity index (χ1n) is 8.52. The SMILES string of the molecule is CSc1ccc(C)c(C(=O)N2CCN(CC(=O)NC3CC3)CC2)c1. The van der Waals surface area contributed by atoms with Gasteiger partial charge in [0.1, 0.15) is 0 Å². The number of rotatable bonds is 5. The molecule has 1 aromatic carbocycles. The number of benzene rings is 1. The van der Waals surface area contributed by atoms with Gasteiger partial charge in [0.2, 0.25) is 5.91 Å². The lowest BCUT2D eigenvalue weighted by atomic mass is 10.1. The van der Waals surface area contributed by atoms with Gasteiger partial charge in [-0.25, -0.2) is 0 Å². The van der Waals surface area contributed by atoms with Crippen molar-refractivity contribution >= 4 is 23.6 Å². The molecule has 2 aliphatic rings. The van der Waals surface area contributed by atoms with Crippen LogP contribution >= 0.6 is 11.8 Å². The normalized spacial score (nSPS) is 18.5. The monoisotopic (exact) mass is 347 g/mol. The van der Waals surface area contributed by atoms with Gasteiger partial charge in [-0.3, -0.25) is 14.5 Å². The summed E-state index contributed by atoms with van der Waals surface area (Å²) in [7, 11) is 0. The van der Waals surface area contributed by atoms with Gasteiger partial charge in [0.05, 0.1) is 6.54 Å². The Bertz CT molecular complexity index is 623. The Hall–Kier alpha value is -1.53. The fourth-order valence-electron chi connectivity index (χ4n) is 2.94. The second kappa shape index (κ2) is 7.57. The molecular weight excluding hydrogens is 322 g/mol. The molecule has 3 rings (SSSR count). The third-order valence-corrected chi connectivity index (χ3v) is 5.37. The lowest BCUT2D eigenvalue weighted by Gasteiger charge is -2.34. The molecular formula is C18H25N3O2S. The van der Waals surface area contributed by atoms with E-state index in [4.69, 9.17) is 0 Å². The molecule has 1 N–H and O–H groups in total. The molecule has 24 heavy (non-hydrogen) atoms. The highest BCUT2D eigenvalue weighted by Crippen LogP contribution is 2.21. The van der Waals surface area contributed by atoms with Crippen LogP contribution in [0.25, 0.3) is 0 Å². The highest BCUT2D eigenvalue weighted by Gasteiger charge is 2.27. The fourth-order valence-corrected chi connectivity index (χ4v) is 3.38. The molecule has 130 valence electrons. The number of amides is 2. The maximum absolute atomic E-state index is 12.8. The van der Waals surface area contributed by atoms with E-state index in [1.807, 2.05) is 36.3 Å². The maximum atomic E-state index is 12.8. The van der Waals surface area contributed by atoms with E-state index in [2.05, 4.69) is 10.2 Å². The molecule has 5 nitrogen and oxygen atoms in total. The number of hydrogen-bond acceptors (Lipinski definition) is 4. The zero-order valence-electron chi connectivity index (χ0n) is 14.4. The summed E-state index contributed by atoms with van der Waals surface area (Å²) >= 11 is 1.65. The summed E-state index contributed by atoms with van der Waals surface area (Å²) in [5.74, 6) is 0.214. The number of aryl methyl sites for hydroxylation is 1. The van der Waals surface area contributed by atoms with Crippen molar-refractivity contribution in [3.63, 3.8) is 0 Å². The van der Waals surface area contributed by atoms with Gasteiger partial charge in [0.15, 0.2) is 0 Å². The first kappa shape index (κ1) is 17.3. The van der Waals surface area contributed by atoms with Crippen molar-refractivity contribution < 1.29 is 9.59 Å². The van der Waals surface area contributed by atoms with Crippen LogP contribution in [0.1, 0.15) is 28.8 Å². The summed E-state index contributed by atoms with van der Waals surface area (Å²) in [6.45, 7) is 5.29.